The first kappa shape index (κ1) is 12.5. The minimum absolute atomic E-state index is 0.331. The number of hydrogen-bond acceptors (Lipinski definition) is 5. The van der Waals surface area contributed by atoms with Crippen LogP contribution in [0.1, 0.15) is 6.92 Å². The first-order valence-electron chi connectivity index (χ1n) is 4.02. The van der Waals surface area contributed by atoms with E-state index in [1.165, 1.54) is 20.3 Å². The van der Waals surface area contributed by atoms with Gasteiger partial charge in [0.2, 0.25) is 6.08 Å². The molecule has 0 unspecified atom stereocenters. The third-order valence-corrected chi connectivity index (χ3v) is 4.39. The molecule has 0 amide bonds. The van der Waals surface area contributed by atoms with Crippen molar-refractivity contribution in [2.75, 3.05) is 27.4 Å². The van der Waals surface area contributed by atoms with E-state index in [1.54, 1.807) is 0 Å². The molecule has 0 N–H and O–H groups in total. The quantitative estimate of drug-likeness (QED) is 0.347. The maximum absolute atomic E-state index is 9.83. The summed E-state index contributed by atoms with van der Waals surface area (Å²) in [7, 11) is 0.522. The van der Waals surface area contributed by atoms with E-state index in [1.807, 2.05) is 6.92 Å². The molecule has 0 saturated carbocycles. The van der Waals surface area contributed by atoms with E-state index < -0.39 is 8.80 Å². The highest BCUT2D eigenvalue weighted by Gasteiger charge is 2.37. The number of isocyanates is 1. The van der Waals surface area contributed by atoms with Gasteiger partial charge in [-0.3, -0.25) is 0 Å². The Labute approximate surface area is 79.1 Å². The van der Waals surface area contributed by atoms with Gasteiger partial charge in [0.05, 0.1) is 6.54 Å². The molecular formula is C7H15NO4Si. The highest BCUT2D eigenvalue weighted by molar-refractivity contribution is 6.60. The maximum atomic E-state index is 9.83. The van der Waals surface area contributed by atoms with Gasteiger partial charge >= 0.3 is 8.80 Å². The summed E-state index contributed by atoms with van der Waals surface area (Å²) in [6, 6.07) is 0.503. The van der Waals surface area contributed by atoms with Crippen LogP contribution in [0.25, 0.3) is 0 Å². The summed E-state index contributed by atoms with van der Waals surface area (Å²) in [5, 5.41) is 0. The molecule has 76 valence electrons. The Hall–Kier alpha value is -0.523. The normalized spacial score (nSPS) is 11.0. The zero-order chi connectivity index (χ0) is 10.2. The van der Waals surface area contributed by atoms with Crippen molar-refractivity contribution < 1.29 is 18.1 Å². The molecule has 0 aliphatic heterocycles. The summed E-state index contributed by atoms with van der Waals surface area (Å²) >= 11 is 0. The molecule has 13 heavy (non-hydrogen) atoms. The molecule has 0 saturated heterocycles. The van der Waals surface area contributed by atoms with Crippen LogP contribution in [0, 0.1) is 0 Å². The molecule has 0 aromatic carbocycles. The summed E-state index contributed by atoms with van der Waals surface area (Å²) in [5.74, 6) is 0. The van der Waals surface area contributed by atoms with Crippen molar-refractivity contribution in [3.8, 4) is 0 Å². The van der Waals surface area contributed by atoms with Crippen LogP contribution >= 0.6 is 0 Å². The molecule has 0 atom stereocenters. The predicted octanol–water partition coefficient (Wildman–Crippen LogP) is 0.590. The van der Waals surface area contributed by atoms with Crippen LogP contribution in [0.5, 0.6) is 0 Å². The lowest BCUT2D eigenvalue weighted by atomic mass is 10.8. The Morgan fingerprint density at radius 1 is 1.38 bits per heavy atom. The first-order chi connectivity index (χ1) is 6.24. The molecule has 0 fully saturated rings. The molecule has 0 aliphatic carbocycles. The number of rotatable bonds is 7. The largest absolute Gasteiger partial charge is 0.502 e. The van der Waals surface area contributed by atoms with Gasteiger partial charge in [-0.15, -0.1) is 0 Å². The molecule has 0 aromatic rings. The van der Waals surface area contributed by atoms with Gasteiger partial charge in [-0.25, -0.2) is 9.79 Å². The summed E-state index contributed by atoms with van der Waals surface area (Å²) in [5.41, 5.74) is 0. The van der Waals surface area contributed by atoms with Crippen LogP contribution < -0.4 is 0 Å². The fourth-order valence-electron chi connectivity index (χ4n) is 0.936. The van der Waals surface area contributed by atoms with Gasteiger partial charge < -0.3 is 13.3 Å². The van der Waals surface area contributed by atoms with Crippen molar-refractivity contribution in [1.82, 2.24) is 0 Å². The molecule has 0 heterocycles. The van der Waals surface area contributed by atoms with Gasteiger partial charge in [0, 0.05) is 26.9 Å². The minimum atomic E-state index is -2.55. The van der Waals surface area contributed by atoms with Crippen molar-refractivity contribution in [2.45, 2.75) is 13.0 Å². The van der Waals surface area contributed by atoms with Gasteiger partial charge in [0.25, 0.3) is 0 Å². The van der Waals surface area contributed by atoms with E-state index >= 15 is 0 Å². The molecule has 0 aliphatic rings. The van der Waals surface area contributed by atoms with Crippen LogP contribution in [0.4, 0.5) is 0 Å². The molecule has 0 aromatic heterocycles. The third-order valence-electron chi connectivity index (χ3n) is 1.58. The second kappa shape index (κ2) is 6.94. The SMILES string of the molecule is CCO[Si](CCN=C=O)(OC)OC. The van der Waals surface area contributed by atoms with Crippen molar-refractivity contribution in [1.29, 1.82) is 0 Å². The van der Waals surface area contributed by atoms with Gasteiger partial charge in [-0.1, -0.05) is 0 Å². The van der Waals surface area contributed by atoms with E-state index in [0.717, 1.165) is 0 Å². The third kappa shape index (κ3) is 4.30. The fraction of sp³-hybridized carbons (Fsp3) is 0.857. The molecule has 0 bridgehead atoms. The number of nitrogens with zero attached hydrogens (tertiary/aromatic N) is 1. The van der Waals surface area contributed by atoms with E-state index in [0.29, 0.717) is 19.2 Å². The van der Waals surface area contributed by atoms with E-state index in [2.05, 4.69) is 4.99 Å². The Morgan fingerprint density at radius 2 is 2.00 bits per heavy atom. The van der Waals surface area contributed by atoms with Gasteiger partial charge in [-0.05, 0) is 6.92 Å². The maximum Gasteiger partial charge on any atom is 0.502 e. The fourth-order valence-corrected chi connectivity index (χ4v) is 2.72. The Kier molecular flexibility index (Phi) is 6.66. The first-order valence-corrected chi connectivity index (χ1v) is 5.95. The zero-order valence-electron chi connectivity index (χ0n) is 8.20. The van der Waals surface area contributed by atoms with Crippen LogP contribution in [0.2, 0.25) is 6.04 Å². The second-order valence-electron chi connectivity index (χ2n) is 2.25. The van der Waals surface area contributed by atoms with E-state index in [4.69, 9.17) is 13.3 Å². The minimum Gasteiger partial charge on any atom is -0.377 e. The molecule has 5 nitrogen and oxygen atoms in total. The van der Waals surface area contributed by atoms with Crippen LogP contribution in [0.3, 0.4) is 0 Å². The Bertz CT molecular complexity index is 177. The standard InChI is InChI=1S/C7H15NO4Si/c1-4-12-13(10-2,11-3)6-5-8-7-9/h4-6H2,1-3H3. The lowest BCUT2D eigenvalue weighted by Gasteiger charge is -2.24. The average molecular weight is 205 g/mol. The highest BCUT2D eigenvalue weighted by Crippen LogP contribution is 2.13. The van der Waals surface area contributed by atoms with Crippen LogP contribution in [0.15, 0.2) is 4.99 Å². The van der Waals surface area contributed by atoms with Gasteiger partial charge in [-0.2, -0.15) is 0 Å². The Balaban J connectivity index is 4.11. The van der Waals surface area contributed by atoms with Crippen molar-refractivity contribution in [3.05, 3.63) is 0 Å². The van der Waals surface area contributed by atoms with Gasteiger partial charge in [0.1, 0.15) is 0 Å². The summed E-state index contributed by atoms with van der Waals surface area (Å²) < 4.78 is 15.7. The summed E-state index contributed by atoms with van der Waals surface area (Å²) in [6.45, 7) is 2.72. The summed E-state index contributed by atoms with van der Waals surface area (Å²) in [4.78, 5) is 13.3. The van der Waals surface area contributed by atoms with E-state index in [-0.39, 0.29) is 0 Å². The molecular weight excluding hydrogens is 190 g/mol. The zero-order valence-corrected chi connectivity index (χ0v) is 9.20. The number of carbonyl (C=O) groups excluding carboxylic acids is 1. The summed E-state index contributed by atoms with van der Waals surface area (Å²) in [6.07, 6.45) is 1.46. The molecule has 0 radical (unpaired) electrons. The van der Waals surface area contributed by atoms with Crippen LogP contribution in [-0.4, -0.2) is 42.3 Å². The smallest absolute Gasteiger partial charge is 0.377 e. The lowest BCUT2D eigenvalue weighted by Crippen LogP contribution is -2.44. The van der Waals surface area contributed by atoms with Crippen molar-refractivity contribution >= 4 is 14.9 Å². The van der Waals surface area contributed by atoms with E-state index in [9.17, 15) is 4.79 Å². The second-order valence-corrected chi connectivity index (χ2v) is 5.22. The Morgan fingerprint density at radius 3 is 2.38 bits per heavy atom. The van der Waals surface area contributed by atoms with Crippen molar-refractivity contribution in [3.63, 3.8) is 0 Å². The number of hydrogen-bond donors (Lipinski definition) is 0. The topological polar surface area (TPSA) is 57.1 Å². The molecule has 0 spiro atoms. The lowest BCUT2D eigenvalue weighted by molar-refractivity contribution is 0.105. The monoisotopic (exact) mass is 205 g/mol. The van der Waals surface area contributed by atoms with Crippen LogP contribution in [-0.2, 0) is 18.1 Å². The molecule has 0 rings (SSSR count). The average Bonchev–Trinajstić information content (AvgIpc) is 2.17. The van der Waals surface area contributed by atoms with Crippen molar-refractivity contribution in [2.24, 2.45) is 4.99 Å². The van der Waals surface area contributed by atoms with Gasteiger partial charge in [0.15, 0.2) is 0 Å². The predicted molar refractivity (Wildman–Crippen MR) is 49.2 cm³/mol. The number of aliphatic imine (C=N–C) groups is 1. The highest BCUT2D eigenvalue weighted by atomic mass is 28.4. The molecule has 6 heteroatoms.